The van der Waals surface area contributed by atoms with Crippen LogP contribution in [0.3, 0.4) is 0 Å². The molecular formula is C21H31NO8. The zero-order chi connectivity index (χ0) is 21.8. The van der Waals surface area contributed by atoms with Gasteiger partial charge >= 0.3 is 12.1 Å². The molecule has 2 rings (SSSR count). The van der Waals surface area contributed by atoms with Crippen molar-refractivity contribution in [3.8, 4) is 0 Å². The SMILES string of the molecule is COCOC[C@@H]1C[C@H](OCOC)C[C@H](COC(C)=O)N1C(=O)OCc1ccccc1. The van der Waals surface area contributed by atoms with E-state index < -0.39 is 18.1 Å². The van der Waals surface area contributed by atoms with E-state index in [-0.39, 0.29) is 45.6 Å². The Balaban J connectivity index is 2.13. The normalized spacial score (nSPS) is 21.3. The first-order valence-corrected chi connectivity index (χ1v) is 9.84. The summed E-state index contributed by atoms with van der Waals surface area (Å²) < 4.78 is 32.0. The van der Waals surface area contributed by atoms with E-state index in [0.29, 0.717) is 12.8 Å². The quantitative estimate of drug-likeness (QED) is 0.303. The van der Waals surface area contributed by atoms with E-state index in [2.05, 4.69) is 0 Å². The molecule has 3 atom stereocenters. The summed E-state index contributed by atoms with van der Waals surface area (Å²) in [7, 11) is 3.08. The first-order chi connectivity index (χ1) is 14.5. The third-order valence-electron chi connectivity index (χ3n) is 4.68. The Morgan fingerprint density at radius 3 is 2.27 bits per heavy atom. The molecule has 0 radical (unpaired) electrons. The topological polar surface area (TPSA) is 92.8 Å². The zero-order valence-corrected chi connectivity index (χ0v) is 17.8. The lowest BCUT2D eigenvalue weighted by atomic mass is 9.94. The van der Waals surface area contributed by atoms with Gasteiger partial charge in [0.2, 0.25) is 0 Å². The van der Waals surface area contributed by atoms with Crippen LogP contribution in [0, 0.1) is 0 Å². The Morgan fingerprint density at radius 1 is 0.967 bits per heavy atom. The number of rotatable bonds is 11. The van der Waals surface area contributed by atoms with Crippen LogP contribution < -0.4 is 0 Å². The van der Waals surface area contributed by atoms with Gasteiger partial charge in [0.25, 0.3) is 0 Å². The van der Waals surface area contributed by atoms with E-state index >= 15 is 0 Å². The fourth-order valence-corrected chi connectivity index (χ4v) is 3.40. The van der Waals surface area contributed by atoms with Crippen LogP contribution in [0.5, 0.6) is 0 Å². The van der Waals surface area contributed by atoms with Crippen molar-refractivity contribution in [3.05, 3.63) is 35.9 Å². The van der Waals surface area contributed by atoms with Crippen molar-refractivity contribution in [1.29, 1.82) is 0 Å². The van der Waals surface area contributed by atoms with Gasteiger partial charge < -0.3 is 28.4 Å². The Hall–Kier alpha value is -2.20. The molecule has 0 N–H and O–H groups in total. The fourth-order valence-electron chi connectivity index (χ4n) is 3.40. The minimum absolute atomic E-state index is 0.0450. The van der Waals surface area contributed by atoms with Crippen molar-refractivity contribution in [2.45, 2.75) is 44.6 Å². The third-order valence-corrected chi connectivity index (χ3v) is 4.68. The second kappa shape index (κ2) is 13.2. The Kier molecular flexibility index (Phi) is 10.6. The van der Waals surface area contributed by atoms with Gasteiger partial charge in [0.15, 0.2) is 0 Å². The standard InChI is InChI=1S/C21H31NO8/c1-16(23)28-13-19-10-20(30-15-26-3)9-18(12-27-14-25-2)22(19)21(24)29-11-17-7-5-4-6-8-17/h4-8,18-20H,9-15H2,1-3H3/t18-,19+,20-/m0/s1. The molecule has 0 bridgehead atoms. The molecule has 1 aliphatic rings. The lowest BCUT2D eigenvalue weighted by Crippen LogP contribution is -2.57. The van der Waals surface area contributed by atoms with Gasteiger partial charge in [-0.25, -0.2) is 4.79 Å². The number of hydrogen-bond acceptors (Lipinski definition) is 8. The van der Waals surface area contributed by atoms with Crippen LogP contribution in [0.25, 0.3) is 0 Å². The third kappa shape index (κ3) is 7.91. The molecule has 9 nitrogen and oxygen atoms in total. The van der Waals surface area contributed by atoms with Crippen molar-refractivity contribution >= 4 is 12.1 Å². The highest BCUT2D eigenvalue weighted by atomic mass is 16.7. The predicted octanol–water partition coefficient (Wildman–Crippen LogP) is 2.33. The molecule has 0 aliphatic carbocycles. The number of nitrogens with zero attached hydrogens (tertiary/aromatic N) is 1. The number of amides is 1. The molecule has 1 aliphatic heterocycles. The van der Waals surface area contributed by atoms with Crippen molar-refractivity contribution in [3.63, 3.8) is 0 Å². The summed E-state index contributed by atoms with van der Waals surface area (Å²) in [6.45, 7) is 1.99. The summed E-state index contributed by atoms with van der Waals surface area (Å²) in [6, 6.07) is 8.68. The molecular weight excluding hydrogens is 394 g/mol. The van der Waals surface area contributed by atoms with Crippen LogP contribution in [0.1, 0.15) is 25.3 Å². The minimum atomic E-state index is -0.493. The maximum absolute atomic E-state index is 13.0. The fraction of sp³-hybridized carbons (Fsp3) is 0.619. The number of methoxy groups -OCH3 is 2. The van der Waals surface area contributed by atoms with Gasteiger partial charge in [-0.2, -0.15) is 0 Å². The minimum Gasteiger partial charge on any atom is -0.464 e. The summed E-state index contributed by atoms with van der Waals surface area (Å²) in [5, 5.41) is 0. The molecule has 9 heteroatoms. The molecule has 30 heavy (non-hydrogen) atoms. The maximum Gasteiger partial charge on any atom is 0.410 e. The summed E-state index contributed by atoms with van der Waals surface area (Å²) in [5.41, 5.74) is 0.882. The largest absolute Gasteiger partial charge is 0.464 e. The number of benzene rings is 1. The molecule has 1 aromatic rings. The summed E-state index contributed by atoms with van der Waals surface area (Å²) in [4.78, 5) is 26.0. The Labute approximate surface area is 177 Å². The number of piperidine rings is 1. The smallest absolute Gasteiger partial charge is 0.410 e. The highest BCUT2D eigenvalue weighted by Crippen LogP contribution is 2.27. The molecule has 0 aromatic heterocycles. The van der Waals surface area contributed by atoms with Crippen LogP contribution in [0.2, 0.25) is 0 Å². The van der Waals surface area contributed by atoms with E-state index in [4.69, 9.17) is 28.4 Å². The highest BCUT2D eigenvalue weighted by molar-refractivity contribution is 5.69. The molecule has 0 unspecified atom stereocenters. The number of esters is 1. The van der Waals surface area contributed by atoms with Crippen molar-refractivity contribution in [1.82, 2.24) is 4.90 Å². The van der Waals surface area contributed by atoms with Gasteiger partial charge in [-0.3, -0.25) is 9.69 Å². The molecule has 168 valence electrons. The van der Waals surface area contributed by atoms with Gasteiger partial charge in [-0.15, -0.1) is 0 Å². The second-order valence-corrected chi connectivity index (χ2v) is 7.00. The van der Waals surface area contributed by atoms with E-state index in [1.54, 1.807) is 12.0 Å². The summed E-state index contributed by atoms with van der Waals surface area (Å²) in [5.74, 6) is -0.417. The number of carbonyl (C=O) groups excluding carboxylic acids is 2. The average Bonchev–Trinajstić information content (AvgIpc) is 2.75. The van der Waals surface area contributed by atoms with Crippen LogP contribution in [-0.4, -0.2) is 76.2 Å². The monoisotopic (exact) mass is 425 g/mol. The van der Waals surface area contributed by atoms with E-state index in [1.165, 1.54) is 14.0 Å². The molecule has 1 fully saturated rings. The molecule has 1 saturated heterocycles. The van der Waals surface area contributed by atoms with Crippen molar-refractivity contribution in [2.75, 3.05) is 41.0 Å². The summed E-state index contributed by atoms with van der Waals surface area (Å²) >= 11 is 0. The molecule has 1 aromatic carbocycles. The summed E-state index contributed by atoms with van der Waals surface area (Å²) in [6.07, 6.45) is 0.342. The van der Waals surface area contributed by atoms with Crippen LogP contribution in [0.4, 0.5) is 4.79 Å². The molecule has 0 saturated carbocycles. The van der Waals surface area contributed by atoms with Gasteiger partial charge in [0.05, 0.1) is 24.8 Å². The van der Waals surface area contributed by atoms with E-state index in [0.717, 1.165) is 5.56 Å². The molecule has 1 amide bonds. The molecule has 0 spiro atoms. The number of carbonyl (C=O) groups is 2. The van der Waals surface area contributed by atoms with Gasteiger partial charge in [-0.05, 0) is 18.4 Å². The first kappa shape index (κ1) is 24.1. The maximum atomic E-state index is 13.0. The lowest BCUT2D eigenvalue weighted by molar-refractivity contribution is -0.149. The Bertz CT molecular complexity index is 641. The highest BCUT2D eigenvalue weighted by Gasteiger charge is 2.40. The number of ether oxygens (including phenoxy) is 6. The second-order valence-electron chi connectivity index (χ2n) is 7.00. The van der Waals surface area contributed by atoms with Gasteiger partial charge in [0, 0.05) is 21.1 Å². The van der Waals surface area contributed by atoms with Gasteiger partial charge in [-0.1, -0.05) is 30.3 Å². The number of hydrogen-bond donors (Lipinski definition) is 0. The Morgan fingerprint density at radius 2 is 1.63 bits per heavy atom. The van der Waals surface area contributed by atoms with E-state index in [1.807, 2.05) is 30.3 Å². The molecule has 1 heterocycles. The van der Waals surface area contributed by atoms with Gasteiger partial charge in [0.1, 0.15) is 26.8 Å². The van der Waals surface area contributed by atoms with Crippen molar-refractivity contribution in [2.24, 2.45) is 0 Å². The predicted molar refractivity (Wildman–Crippen MR) is 106 cm³/mol. The average molecular weight is 425 g/mol. The lowest BCUT2D eigenvalue weighted by Gasteiger charge is -2.43. The van der Waals surface area contributed by atoms with Crippen LogP contribution in [0.15, 0.2) is 30.3 Å². The number of likely N-dealkylation sites (tertiary alicyclic amines) is 1. The first-order valence-electron chi connectivity index (χ1n) is 9.84. The zero-order valence-electron chi connectivity index (χ0n) is 17.8. The van der Waals surface area contributed by atoms with Crippen molar-refractivity contribution < 1.29 is 38.0 Å². The van der Waals surface area contributed by atoms with Crippen LogP contribution >= 0.6 is 0 Å². The van der Waals surface area contributed by atoms with E-state index in [9.17, 15) is 9.59 Å². The van der Waals surface area contributed by atoms with Crippen LogP contribution in [-0.2, 0) is 39.8 Å².